The Morgan fingerprint density at radius 2 is 1.18 bits per heavy atom. The number of rotatable bonds is 4. The Labute approximate surface area is 235 Å². The van der Waals surface area contributed by atoms with Crippen molar-refractivity contribution in [1.82, 2.24) is 4.57 Å². The van der Waals surface area contributed by atoms with Crippen molar-refractivity contribution in [2.45, 2.75) is 26.3 Å². The van der Waals surface area contributed by atoms with Gasteiger partial charge in [-0.3, -0.25) is 0 Å². The summed E-state index contributed by atoms with van der Waals surface area (Å²) >= 11 is 0. The van der Waals surface area contributed by atoms with E-state index in [1.165, 1.54) is 60.8 Å². The van der Waals surface area contributed by atoms with Gasteiger partial charge in [0.25, 0.3) is 0 Å². The van der Waals surface area contributed by atoms with E-state index in [2.05, 4.69) is 170 Å². The maximum atomic E-state index is 2.53. The van der Waals surface area contributed by atoms with Gasteiger partial charge in [-0.1, -0.05) is 109 Å². The molecule has 0 aliphatic heterocycles. The second kappa shape index (κ2) is 9.43. The summed E-state index contributed by atoms with van der Waals surface area (Å²) in [6.45, 7) is 6.91. The maximum Gasteiger partial charge on any atom is 0.0620 e. The Bertz CT molecular complexity index is 1980. The van der Waals surface area contributed by atoms with E-state index >= 15 is 0 Å². The molecule has 0 aliphatic carbocycles. The van der Waals surface area contributed by atoms with Crippen molar-refractivity contribution in [2.24, 2.45) is 0 Å². The summed E-state index contributed by atoms with van der Waals surface area (Å²) in [5.74, 6) is 0. The molecule has 194 valence electrons. The molecule has 0 amide bonds. The van der Waals surface area contributed by atoms with Crippen LogP contribution in [0.15, 0.2) is 140 Å². The fourth-order valence-electron chi connectivity index (χ4n) is 6.22. The molecule has 0 radical (unpaired) electrons. The Hall–Kier alpha value is -4.82. The van der Waals surface area contributed by atoms with E-state index in [4.69, 9.17) is 0 Å². The fraction of sp³-hybridized carbons (Fsp3) is 0.105. The van der Waals surface area contributed by atoms with Crippen LogP contribution < -0.4 is 4.90 Å². The molecule has 2 heteroatoms. The number of anilines is 2. The van der Waals surface area contributed by atoms with Crippen LogP contribution in [0.1, 0.15) is 20.8 Å². The molecule has 0 unspecified atom stereocenters. The Kier molecular flexibility index (Phi) is 5.71. The summed E-state index contributed by atoms with van der Waals surface area (Å²) in [6.07, 6.45) is 0. The standard InChI is InChI=1S/C38H32N2/c1-38(2,3)40(33-22-13-12-20-30(33)27-15-6-4-7-16-27)35-24-14-23-34-36(35)32-26-25-28-17-10-11-21-31(28)37(32)39(34)29-18-8-5-9-19-29/h4-26H,1-3H3. The quantitative estimate of drug-likeness (QED) is 0.226. The number of hydrogen-bond acceptors (Lipinski definition) is 1. The number of nitrogens with zero attached hydrogens (tertiary/aromatic N) is 2. The molecule has 1 heterocycles. The van der Waals surface area contributed by atoms with Crippen molar-refractivity contribution in [3.05, 3.63) is 140 Å². The van der Waals surface area contributed by atoms with E-state index in [0.29, 0.717) is 0 Å². The van der Waals surface area contributed by atoms with Crippen LogP contribution in [0.5, 0.6) is 0 Å². The zero-order chi connectivity index (χ0) is 27.3. The first-order valence-corrected chi connectivity index (χ1v) is 14.0. The number of aromatic nitrogens is 1. The molecular formula is C38H32N2. The summed E-state index contributed by atoms with van der Waals surface area (Å²) in [4.78, 5) is 2.53. The van der Waals surface area contributed by atoms with Crippen LogP contribution in [0.2, 0.25) is 0 Å². The van der Waals surface area contributed by atoms with E-state index in [0.717, 1.165) is 0 Å². The lowest BCUT2D eigenvalue weighted by molar-refractivity contribution is 0.562. The molecule has 7 aromatic rings. The lowest BCUT2D eigenvalue weighted by Gasteiger charge is -2.39. The molecule has 2 nitrogen and oxygen atoms in total. The minimum Gasteiger partial charge on any atom is -0.335 e. The molecule has 0 fully saturated rings. The molecule has 0 saturated carbocycles. The van der Waals surface area contributed by atoms with Crippen LogP contribution in [-0.4, -0.2) is 10.1 Å². The lowest BCUT2D eigenvalue weighted by Crippen LogP contribution is -2.38. The molecule has 0 atom stereocenters. The topological polar surface area (TPSA) is 8.17 Å². The number of para-hydroxylation sites is 2. The van der Waals surface area contributed by atoms with E-state index in [1.807, 2.05) is 0 Å². The highest BCUT2D eigenvalue weighted by atomic mass is 15.2. The molecule has 7 rings (SSSR count). The zero-order valence-electron chi connectivity index (χ0n) is 23.2. The van der Waals surface area contributed by atoms with Crippen molar-refractivity contribution >= 4 is 44.0 Å². The van der Waals surface area contributed by atoms with Gasteiger partial charge < -0.3 is 9.47 Å². The number of hydrogen-bond donors (Lipinski definition) is 0. The first-order chi connectivity index (χ1) is 19.5. The summed E-state index contributed by atoms with van der Waals surface area (Å²) in [5.41, 5.74) is 8.31. The first kappa shape index (κ1) is 24.2. The molecule has 1 aromatic heterocycles. The average Bonchev–Trinajstić information content (AvgIpc) is 3.33. The highest BCUT2D eigenvalue weighted by Crippen LogP contribution is 2.46. The minimum atomic E-state index is -0.183. The molecule has 0 bridgehead atoms. The molecule has 0 spiro atoms. The average molecular weight is 517 g/mol. The SMILES string of the molecule is CC(C)(C)N(c1ccccc1-c1ccccc1)c1cccc2c1c1ccc3ccccc3c1n2-c1ccccc1. The fourth-order valence-corrected chi connectivity index (χ4v) is 6.22. The van der Waals surface area contributed by atoms with Gasteiger partial charge in [-0.2, -0.15) is 0 Å². The van der Waals surface area contributed by atoms with Crippen molar-refractivity contribution in [2.75, 3.05) is 4.90 Å². The summed E-state index contributed by atoms with van der Waals surface area (Å²) in [6, 6.07) is 50.3. The summed E-state index contributed by atoms with van der Waals surface area (Å²) in [7, 11) is 0. The molecule has 40 heavy (non-hydrogen) atoms. The van der Waals surface area contributed by atoms with Gasteiger partial charge in [-0.15, -0.1) is 0 Å². The number of benzene rings is 6. The molecule has 0 N–H and O–H groups in total. The Morgan fingerprint density at radius 3 is 1.95 bits per heavy atom. The third kappa shape index (κ3) is 3.87. The monoisotopic (exact) mass is 516 g/mol. The second-order valence-corrected chi connectivity index (χ2v) is 11.4. The van der Waals surface area contributed by atoms with E-state index in [-0.39, 0.29) is 5.54 Å². The van der Waals surface area contributed by atoms with Crippen LogP contribution in [0.4, 0.5) is 11.4 Å². The third-order valence-electron chi connectivity index (χ3n) is 7.81. The van der Waals surface area contributed by atoms with Gasteiger partial charge in [0.1, 0.15) is 0 Å². The predicted octanol–water partition coefficient (Wildman–Crippen LogP) is 10.5. The van der Waals surface area contributed by atoms with Gasteiger partial charge in [-0.05, 0) is 62.1 Å². The largest absolute Gasteiger partial charge is 0.335 e. The van der Waals surface area contributed by atoms with Crippen LogP contribution in [0.25, 0.3) is 49.4 Å². The highest BCUT2D eigenvalue weighted by molar-refractivity contribution is 6.22. The van der Waals surface area contributed by atoms with E-state index < -0.39 is 0 Å². The van der Waals surface area contributed by atoms with Crippen LogP contribution in [0, 0.1) is 0 Å². The van der Waals surface area contributed by atoms with E-state index in [9.17, 15) is 0 Å². The molecule has 0 saturated heterocycles. The van der Waals surface area contributed by atoms with Crippen LogP contribution in [0.3, 0.4) is 0 Å². The van der Waals surface area contributed by atoms with Crippen LogP contribution in [-0.2, 0) is 0 Å². The van der Waals surface area contributed by atoms with Crippen molar-refractivity contribution in [3.63, 3.8) is 0 Å². The van der Waals surface area contributed by atoms with Crippen molar-refractivity contribution in [3.8, 4) is 16.8 Å². The van der Waals surface area contributed by atoms with Gasteiger partial charge in [0.05, 0.1) is 16.7 Å². The third-order valence-corrected chi connectivity index (χ3v) is 7.81. The second-order valence-electron chi connectivity index (χ2n) is 11.4. The predicted molar refractivity (Wildman–Crippen MR) is 172 cm³/mol. The molecule has 0 aliphatic rings. The van der Waals surface area contributed by atoms with Gasteiger partial charge in [0, 0.05) is 38.6 Å². The van der Waals surface area contributed by atoms with Gasteiger partial charge in [0.15, 0.2) is 0 Å². The highest BCUT2D eigenvalue weighted by Gasteiger charge is 2.29. The minimum absolute atomic E-state index is 0.183. The lowest BCUT2D eigenvalue weighted by atomic mass is 9.96. The maximum absolute atomic E-state index is 2.53. The van der Waals surface area contributed by atoms with E-state index in [1.54, 1.807) is 0 Å². The Morgan fingerprint density at radius 1 is 0.525 bits per heavy atom. The zero-order valence-corrected chi connectivity index (χ0v) is 23.2. The smallest absolute Gasteiger partial charge is 0.0620 e. The number of fused-ring (bicyclic) bond motifs is 5. The van der Waals surface area contributed by atoms with Crippen LogP contribution >= 0.6 is 0 Å². The van der Waals surface area contributed by atoms with Gasteiger partial charge >= 0.3 is 0 Å². The molecule has 6 aromatic carbocycles. The normalized spacial score (nSPS) is 11.9. The first-order valence-electron chi connectivity index (χ1n) is 14.0. The summed E-state index contributed by atoms with van der Waals surface area (Å²) in [5, 5.41) is 5.04. The van der Waals surface area contributed by atoms with Gasteiger partial charge in [-0.25, -0.2) is 0 Å². The van der Waals surface area contributed by atoms with Crippen molar-refractivity contribution in [1.29, 1.82) is 0 Å². The van der Waals surface area contributed by atoms with Crippen molar-refractivity contribution < 1.29 is 0 Å². The summed E-state index contributed by atoms with van der Waals surface area (Å²) < 4.78 is 2.44. The molecular weight excluding hydrogens is 484 g/mol. The Balaban J connectivity index is 1.61. The van der Waals surface area contributed by atoms with Gasteiger partial charge in [0.2, 0.25) is 0 Å².